The van der Waals surface area contributed by atoms with Crippen molar-refractivity contribution in [1.29, 1.82) is 0 Å². The van der Waals surface area contributed by atoms with Crippen LogP contribution in [0.5, 0.6) is 0 Å². The summed E-state index contributed by atoms with van der Waals surface area (Å²) in [7, 11) is 1.65. The number of carbonyl (C=O) groups excluding carboxylic acids is 1. The van der Waals surface area contributed by atoms with Crippen LogP contribution < -0.4 is 0 Å². The Labute approximate surface area is 130 Å². The number of hydrogen-bond donors (Lipinski definition) is 0. The Hall–Kier alpha value is -1.88. The van der Waals surface area contributed by atoms with Crippen molar-refractivity contribution in [3.05, 3.63) is 30.1 Å². The molecule has 1 aliphatic rings. The molecule has 5 heteroatoms. The number of carbonyl (C=O) groups is 1. The lowest BCUT2D eigenvalue weighted by Crippen LogP contribution is -2.34. The molecule has 0 spiro atoms. The third-order valence-electron chi connectivity index (χ3n) is 4.26. The molecule has 118 valence electrons. The van der Waals surface area contributed by atoms with E-state index in [1.165, 1.54) is 12.8 Å². The Bertz CT molecular complexity index is 642. The summed E-state index contributed by atoms with van der Waals surface area (Å²) < 4.78 is 7.23. The van der Waals surface area contributed by atoms with Crippen molar-refractivity contribution in [2.45, 2.75) is 38.8 Å². The number of methoxy groups -OCH3 is 1. The lowest BCUT2D eigenvalue weighted by atomic mass is 10.2. The first-order valence-electron chi connectivity index (χ1n) is 8.00. The highest BCUT2D eigenvalue weighted by atomic mass is 16.5. The van der Waals surface area contributed by atoms with Crippen LogP contribution in [-0.2, 0) is 22.7 Å². The fraction of sp³-hybridized carbons (Fsp3) is 0.529. The van der Waals surface area contributed by atoms with Gasteiger partial charge in [-0.3, -0.25) is 4.79 Å². The van der Waals surface area contributed by atoms with Gasteiger partial charge in [0.1, 0.15) is 19.0 Å². The molecule has 1 aromatic heterocycles. The van der Waals surface area contributed by atoms with Gasteiger partial charge in [-0.2, -0.15) is 0 Å². The zero-order chi connectivity index (χ0) is 15.4. The van der Waals surface area contributed by atoms with Gasteiger partial charge >= 0.3 is 0 Å². The van der Waals surface area contributed by atoms with Crippen LogP contribution in [0.1, 0.15) is 31.5 Å². The lowest BCUT2D eigenvalue weighted by molar-refractivity contribution is -0.131. The molecule has 1 aliphatic heterocycles. The quantitative estimate of drug-likeness (QED) is 0.872. The first-order valence-corrected chi connectivity index (χ1v) is 8.00. The number of rotatable bonds is 4. The SMILES string of the molecule is COCc1nc2ccccc2n1CC(=O)N1CCCCCC1. The van der Waals surface area contributed by atoms with E-state index in [1.54, 1.807) is 7.11 Å². The summed E-state index contributed by atoms with van der Waals surface area (Å²) >= 11 is 0. The Kier molecular flexibility index (Phi) is 4.73. The average molecular weight is 301 g/mol. The Morgan fingerprint density at radius 1 is 1.18 bits per heavy atom. The van der Waals surface area contributed by atoms with Crippen LogP contribution in [0, 0.1) is 0 Å². The number of aromatic nitrogens is 2. The summed E-state index contributed by atoms with van der Waals surface area (Å²) in [4.78, 5) is 19.2. The number of hydrogen-bond acceptors (Lipinski definition) is 3. The molecule has 1 aromatic carbocycles. The topological polar surface area (TPSA) is 47.4 Å². The largest absolute Gasteiger partial charge is 0.377 e. The van der Waals surface area contributed by atoms with Gasteiger partial charge in [-0.05, 0) is 25.0 Å². The molecule has 0 bridgehead atoms. The number of para-hydroxylation sites is 2. The molecular formula is C17H23N3O2. The molecule has 1 fully saturated rings. The van der Waals surface area contributed by atoms with Gasteiger partial charge in [0, 0.05) is 20.2 Å². The molecule has 0 aliphatic carbocycles. The van der Waals surface area contributed by atoms with Crippen LogP contribution in [0.15, 0.2) is 24.3 Å². The lowest BCUT2D eigenvalue weighted by Gasteiger charge is -2.21. The maximum atomic E-state index is 12.7. The predicted octanol–water partition coefficient (Wildman–Crippen LogP) is 2.59. The van der Waals surface area contributed by atoms with Crippen LogP contribution in [0.3, 0.4) is 0 Å². The van der Waals surface area contributed by atoms with E-state index in [0.29, 0.717) is 13.2 Å². The van der Waals surface area contributed by atoms with Gasteiger partial charge in [-0.15, -0.1) is 0 Å². The molecular weight excluding hydrogens is 278 g/mol. The van der Waals surface area contributed by atoms with Crippen molar-refractivity contribution < 1.29 is 9.53 Å². The van der Waals surface area contributed by atoms with E-state index in [4.69, 9.17) is 4.74 Å². The van der Waals surface area contributed by atoms with Gasteiger partial charge in [0.05, 0.1) is 11.0 Å². The van der Waals surface area contributed by atoms with E-state index in [0.717, 1.165) is 42.8 Å². The van der Waals surface area contributed by atoms with E-state index < -0.39 is 0 Å². The van der Waals surface area contributed by atoms with Gasteiger partial charge in [-0.25, -0.2) is 4.98 Å². The normalized spacial score (nSPS) is 16.0. The molecule has 0 N–H and O–H groups in total. The van der Waals surface area contributed by atoms with Gasteiger partial charge in [0.2, 0.25) is 5.91 Å². The van der Waals surface area contributed by atoms with E-state index in [2.05, 4.69) is 4.98 Å². The zero-order valence-electron chi connectivity index (χ0n) is 13.1. The van der Waals surface area contributed by atoms with Crippen molar-refractivity contribution in [2.75, 3.05) is 20.2 Å². The molecule has 3 rings (SSSR count). The third-order valence-corrected chi connectivity index (χ3v) is 4.26. The molecule has 22 heavy (non-hydrogen) atoms. The van der Waals surface area contributed by atoms with Crippen LogP contribution in [-0.4, -0.2) is 40.6 Å². The highest BCUT2D eigenvalue weighted by Crippen LogP contribution is 2.18. The van der Waals surface area contributed by atoms with E-state index in [9.17, 15) is 4.79 Å². The van der Waals surface area contributed by atoms with E-state index in [-0.39, 0.29) is 5.91 Å². The molecule has 1 amide bonds. The second-order valence-electron chi connectivity index (χ2n) is 5.83. The van der Waals surface area contributed by atoms with Crippen molar-refractivity contribution >= 4 is 16.9 Å². The van der Waals surface area contributed by atoms with Crippen molar-refractivity contribution in [1.82, 2.24) is 14.5 Å². The number of likely N-dealkylation sites (tertiary alicyclic amines) is 1. The minimum absolute atomic E-state index is 0.183. The molecule has 2 heterocycles. The zero-order valence-corrected chi connectivity index (χ0v) is 13.1. The van der Waals surface area contributed by atoms with E-state index >= 15 is 0 Å². The monoisotopic (exact) mass is 301 g/mol. The van der Waals surface area contributed by atoms with Gasteiger partial charge < -0.3 is 14.2 Å². The third kappa shape index (κ3) is 3.14. The van der Waals surface area contributed by atoms with Crippen molar-refractivity contribution in [2.24, 2.45) is 0 Å². The number of amides is 1. The maximum absolute atomic E-state index is 12.7. The summed E-state index contributed by atoms with van der Waals surface area (Å²) in [5.41, 5.74) is 1.91. The molecule has 0 saturated carbocycles. The number of benzene rings is 1. The van der Waals surface area contributed by atoms with Crippen LogP contribution in [0.25, 0.3) is 11.0 Å². The first-order chi connectivity index (χ1) is 10.8. The first kappa shape index (κ1) is 15.0. The Balaban J connectivity index is 1.85. The number of imidazole rings is 1. The highest BCUT2D eigenvalue weighted by Gasteiger charge is 2.19. The smallest absolute Gasteiger partial charge is 0.242 e. The molecule has 1 saturated heterocycles. The fourth-order valence-electron chi connectivity index (χ4n) is 3.10. The number of fused-ring (bicyclic) bond motifs is 1. The number of ether oxygens (including phenoxy) is 1. The van der Waals surface area contributed by atoms with Gasteiger partial charge in [-0.1, -0.05) is 25.0 Å². The fourth-order valence-corrected chi connectivity index (χ4v) is 3.10. The minimum Gasteiger partial charge on any atom is -0.377 e. The maximum Gasteiger partial charge on any atom is 0.242 e. The van der Waals surface area contributed by atoms with Crippen LogP contribution >= 0.6 is 0 Å². The Morgan fingerprint density at radius 3 is 2.64 bits per heavy atom. The molecule has 0 unspecified atom stereocenters. The summed E-state index contributed by atoms with van der Waals surface area (Å²) in [6.07, 6.45) is 4.68. The summed E-state index contributed by atoms with van der Waals surface area (Å²) in [5.74, 6) is 0.995. The second-order valence-corrected chi connectivity index (χ2v) is 5.83. The minimum atomic E-state index is 0.183. The molecule has 2 aromatic rings. The van der Waals surface area contributed by atoms with E-state index in [1.807, 2.05) is 33.7 Å². The molecule has 5 nitrogen and oxygen atoms in total. The predicted molar refractivity (Wildman–Crippen MR) is 85.5 cm³/mol. The van der Waals surface area contributed by atoms with Gasteiger partial charge in [0.15, 0.2) is 0 Å². The van der Waals surface area contributed by atoms with Crippen LogP contribution in [0.2, 0.25) is 0 Å². The second kappa shape index (κ2) is 6.92. The molecule has 0 radical (unpaired) electrons. The summed E-state index contributed by atoms with van der Waals surface area (Å²) in [6.45, 7) is 2.53. The Morgan fingerprint density at radius 2 is 1.91 bits per heavy atom. The summed E-state index contributed by atoms with van der Waals surface area (Å²) in [5, 5.41) is 0. The highest BCUT2D eigenvalue weighted by molar-refractivity contribution is 5.81. The number of nitrogens with zero attached hydrogens (tertiary/aromatic N) is 3. The van der Waals surface area contributed by atoms with Crippen molar-refractivity contribution in [3.63, 3.8) is 0 Å². The molecule has 0 atom stereocenters. The van der Waals surface area contributed by atoms with Gasteiger partial charge in [0.25, 0.3) is 0 Å². The van der Waals surface area contributed by atoms with Crippen molar-refractivity contribution in [3.8, 4) is 0 Å². The van der Waals surface area contributed by atoms with Crippen LogP contribution in [0.4, 0.5) is 0 Å². The summed E-state index contributed by atoms with van der Waals surface area (Å²) in [6, 6.07) is 7.93. The standard InChI is InChI=1S/C17H23N3O2/c1-22-13-16-18-14-8-4-5-9-15(14)20(16)12-17(21)19-10-6-2-3-7-11-19/h4-5,8-9H,2-3,6-7,10-13H2,1H3. The average Bonchev–Trinajstić information content (AvgIpc) is 2.72.